The molecule has 0 bridgehead atoms. The topological polar surface area (TPSA) is 55.8 Å². The Labute approximate surface area is 172 Å². The van der Waals surface area contributed by atoms with Gasteiger partial charge in [-0.05, 0) is 42.2 Å². The maximum atomic E-state index is 12.5. The standard InChI is InChI=1S/C24H27O4P/c1-24(2,20-12-7-6-8-13-20)21-14-11-17-23(19-18-21)28-29(25,26)27-22-15-9-4-3-5-10-16-22/h3-9,12-14,16-19H,10-11,15H2,1-2H3,(H,25,26)/b5-3-,9-4-,22-16+. The number of hydrogen-bond acceptors (Lipinski definition) is 3. The molecule has 1 N–H and O–H groups in total. The van der Waals surface area contributed by atoms with Gasteiger partial charge in [-0.1, -0.05) is 80.6 Å². The molecule has 1 atom stereocenters. The van der Waals surface area contributed by atoms with Crippen LogP contribution in [0.5, 0.6) is 0 Å². The van der Waals surface area contributed by atoms with Crippen molar-refractivity contribution in [2.24, 2.45) is 0 Å². The molecule has 0 heterocycles. The van der Waals surface area contributed by atoms with Gasteiger partial charge in [-0.2, -0.15) is 0 Å². The van der Waals surface area contributed by atoms with Crippen molar-refractivity contribution in [3.8, 4) is 0 Å². The lowest BCUT2D eigenvalue weighted by atomic mass is 9.77. The van der Waals surface area contributed by atoms with Crippen LogP contribution in [-0.2, 0) is 19.0 Å². The molecule has 0 fully saturated rings. The summed E-state index contributed by atoms with van der Waals surface area (Å²) in [7, 11) is -4.27. The van der Waals surface area contributed by atoms with Crippen LogP contribution in [0.3, 0.4) is 0 Å². The highest BCUT2D eigenvalue weighted by Gasteiger charge is 2.28. The van der Waals surface area contributed by atoms with Gasteiger partial charge in [-0.25, -0.2) is 4.57 Å². The molecule has 152 valence electrons. The molecule has 0 spiro atoms. The van der Waals surface area contributed by atoms with Gasteiger partial charge < -0.3 is 9.05 Å². The quantitative estimate of drug-likeness (QED) is 0.533. The summed E-state index contributed by atoms with van der Waals surface area (Å²) in [5, 5.41) is 0. The molecular weight excluding hydrogens is 383 g/mol. The monoisotopic (exact) mass is 410 g/mol. The second kappa shape index (κ2) is 9.30. The number of rotatable bonds is 6. The normalized spacial score (nSPS) is 23.1. The zero-order valence-corrected chi connectivity index (χ0v) is 17.7. The Morgan fingerprint density at radius 1 is 0.931 bits per heavy atom. The Kier molecular flexibility index (Phi) is 6.79. The first-order chi connectivity index (χ1) is 13.9. The molecule has 4 nitrogen and oxygen atoms in total. The molecule has 0 aromatic heterocycles. The Morgan fingerprint density at radius 2 is 1.69 bits per heavy atom. The smallest absolute Gasteiger partial charge is 0.400 e. The van der Waals surface area contributed by atoms with Crippen LogP contribution < -0.4 is 0 Å². The lowest BCUT2D eigenvalue weighted by molar-refractivity contribution is 0.217. The van der Waals surface area contributed by atoms with Crippen molar-refractivity contribution in [2.75, 3.05) is 0 Å². The number of phosphoric ester groups is 1. The van der Waals surface area contributed by atoms with E-state index in [1.165, 1.54) is 5.56 Å². The Balaban J connectivity index is 1.68. The predicted molar refractivity (Wildman–Crippen MR) is 117 cm³/mol. The molecule has 0 radical (unpaired) electrons. The maximum Gasteiger partial charge on any atom is 0.584 e. The first kappa shape index (κ1) is 21.2. The lowest BCUT2D eigenvalue weighted by Gasteiger charge is -2.27. The van der Waals surface area contributed by atoms with E-state index < -0.39 is 7.82 Å². The highest BCUT2D eigenvalue weighted by Crippen LogP contribution is 2.49. The zero-order chi connectivity index (χ0) is 20.7. The molecular formula is C24H27O4P. The third-order valence-corrected chi connectivity index (χ3v) is 5.85. The minimum Gasteiger partial charge on any atom is -0.400 e. The molecule has 1 aromatic carbocycles. The number of benzene rings is 1. The second-order valence-electron chi connectivity index (χ2n) is 7.44. The molecule has 0 amide bonds. The summed E-state index contributed by atoms with van der Waals surface area (Å²) in [5.74, 6) is 0.756. The predicted octanol–water partition coefficient (Wildman–Crippen LogP) is 6.66. The summed E-state index contributed by atoms with van der Waals surface area (Å²) in [5.41, 5.74) is 2.13. The molecule has 0 saturated carbocycles. The van der Waals surface area contributed by atoms with Gasteiger partial charge in [0.25, 0.3) is 0 Å². The van der Waals surface area contributed by atoms with Crippen molar-refractivity contribution in [2.45, 2.75) is 38.5 Å². The molecule has 29 heavy (non-hydrogen) atoms. The van der Waals surface area contributed by atoms with Crippen LogP contribution in [0, 0.1) is 0 Å². The summed E-state index contributed by atoms with van der Waals surface area (Å²) < 4.78 is 23.1. The second-order valence-corrected chi connectivity index (χ2v) is 8.75. The van der Waals surface area contributed by atoms with Crippen LogP contribution in [-0.4, -0.2) is 4.89 Å². The van der Waals surface area contributed by atoms with Crippen LogP contribution in [0.15, 0.2) is 102 Å². The molecule has 1 unspecified atom stereocenters. The Morgan fingerprint density at radius 3 is 2.48 bits per heavy atom. The summed E-state index contributed by atoms with van der Waals surface area (Å²) in [6.07, 6.45) is 18.7. The molecule has 2 aliphatic carbocycles. The van der Waals surface area contributed by atoms with Crippen LogP contribution in [0.1, 0.15) is 38.7 Å². The molecule has 3 rings (SSSR count). The van der Waals surface area contributed by atoms with E-state index in [1.54, 1.807) is 18.2 Å². The highest BCUT2D eigenvalue weighted by atomic mass is 31.2. The number of hydrogen-bond donors (Lipinski definition) is 1. The van der Waals surface area contributed by atoms with Crippen molar-refractivity contribution in [1.82, 2.24) is 0 Å². The van der Waals surface area contributed by atoms with E-state index in [2.05, 4.69) is 32.1 Å². The molecule has 1 aromatic rings. The first-order valence-corrected chi connectivity index (χ1v) is 11.2. The van der Waals surface area contributed by atoms with Gasteiger partial charge in [-0.3, -0.25) is 4.89 Å². The third kappa shape index (κ3) is 5.96. The Hall–Kier alpha value is -2.55. The Bertz CT molecular complexity index is 946. The average Bonchev–Trinajstić information content (AvgIpc) is 2.90. The van der Waals surface area contributed by atoms with Crippen LogP contribution in [0.25, 0.3) is 0 Å². The number of allylic oxidation sites excluding steroid dienone is 10. The summed E-state index contributed by atoms with van der Waals surface area (Å²) >= 11 is 0. The van der Waals surface area contributed by atoms with E-state index in [0.717, 1.165) is 5.57 Å². The van der Waals surface area contributed by atoms with E-state index in [0.29, 0.717) is 30.8 Å². The van der Waals surface area contributed by atoms with Gasteiger partial charge >= 0.3 is 7.82 Å². The summed E-state index contributed by atoms with van der Waals surface area (Å²) in [6.45, 7) is 4.32. The lowest BCUT2D eigenvalue weighted by Crippen LogP contribution is -2.19. The zero-order valence-electron chi connectivity index (χ0n) is 16.8. The minimum atomic E-state index is -4.27. The van der Waals surface area contributed by atoms with E-state index in [4.69, 9.17) is 9.05 Å². The third-order valence-electron chi connectivity index (χ3n) is 4.94. The van der Waals surface area contributed by atoms with E-state index in [9.17, 15) is 9.46 Å². The van der Waals surface area contributed by atoms with Gasteiger partial charge in [0.2, 0.25) is 0 Å². The largest absolute Gasteiger partial charge is 0.584 e. The van der Waals surface area contributed by atoms with E-state index >= 15 is 0 Å². The molecule has 5 heteroatoms. The average molecular weight is 410 g/mol. The van der Waals surface area contributed by atoms with Gasteiger partial charge in [0.05, 0.1) is 0 Å². The molecule has 2 aliphatic rings. The van der Waals surface area contributed by atoms with Crippen LogP contribution in [0.4, 0.5) is 0 Å². The fourth-order valence-corrected chi connectivity index (χ4v) is 4.12. The van der Waals surface area contributed by atoms with Crippen molar-refractivity contribution in [3.63, 3.8) is 0 Å². The van der Waals surface area contributed by atoms with E-state index in [1.807, 2.05) is 48.6 Å². The van der Waals surface area contributed by atoms with Gasteiger partial charge in [-0.15, -0.1) is 0 Å². The molecule has 0 aliphatic heterocycles. The SMILES string of the molecule is CC(C)(C1=CCC=C(OP(=O)(O)O/C2=C/C/C=C\C=C/C2)C=C1)c1ccccc1. The van der Waals surface area contributed by atoms with Crippen molar-refractivity contribution in [3.05, 3.63) is 108 Å². The fraction of sp³-hybridized carbons (Fsp3) is 0.250. The van der Waals surface area contributed by atoms with E-state index in [-0.39, 0.29) is 5.41 Å². The summed E-state index contributed by atoms with van der Waals surface area (Å²) in [4.78, 5) is 10.2. The highest BCUT2D eigenvalue weighted by molar-refractivity contribution is 7.47. The minimum absolute atomic E-state index is 0.190. The summed E-state index contributed by atoms with van der Waals surface area (Å²) in [6, 6.07) is 10.3. The van der Waals surface area contributed by atoms with Crippen molar-refractivity contribution >= 4 is 7.82 Å². The van der Waals surface area contributed by atoms with Gasteiger partial charge in [0.1, 0.15) is 11.5 Å². The van der Waals surface area contributed by atoms with Crippen LogP contribution in [0.2, 0.25) is 0 Å². The van der Waals surface area contributed by atoms with Gasteiger partial charge in [0, 0.05) is 11.8 Å². The maximum absolute atomic E-state index is 12.5. The van der Waals surface area contributed by atoms with Gasteiger partial charge in [0.15, 0.2) is 0 Å². The number of phosphoric acid groups is 1. The molecule has 0 saturated heterocycles. The fourth-order valence-electron chi connectivity index (χ4n) is 3.24. The van der Waals surface area contributed by atoms with Crippen molar-refractivity contribution in [1.29, 1.82) is 0 Å². The van der Waals surface area contributed by atoms with Crippen LogP contribution >= 0.6 is 7.82 Å². The first-order valence-electron chi connectivity index (χ1n) is 9.74. The van der Waals surface area contributed by atoms with Crippen molar-refractivity contribution < 1.29 is 18.5 Å².